The van der Waals surface area contributed by atoms with Crippen LogP contribution in [-0.2, 0) is 14.3 Å². The number of carbonyl (C=O) groups is 4. The van der Waals surface area contributed by atoms with Crippen LogP contribution in [0.15, 0.2) is 54.6 Å². The van der Waals surface area contributed by atoms with Gasteiger partial charge in [0.05, 0.1) is 12.1 Å². The fraction of sp³-hybridized carbons (Fsp3) is 0.111. The Kier molecular flexibility index (Phi) is 6.00. The van der Waals surface area contributed by atoms with E-state index < -0.39 is 24.4 Å². The Bertz CT molecular complexity index is 802. The summed E-state index contributed by atoms with van der Waals surface area (Å²) in [6, 6.07) is 14.7. The van der Waals surface area contributed by atoms with Crippen molar-refractivity contribution in [1.29, 1.82) is 0 Å². The first-order chi connectivity index (χ1) is 12.0. The minimum absolute atomic E-state index is 0.0547. The zero-order valence-corrected chi connectivity index (χ0v) is 13.2. The standard InChI is InChI=1S/C18H16N2O5/c19-15(21)10-20-16(22)11-25-18(24)14-9-5-4-8-13(14)17(23)12-6-2-1-3-7-12/h1-9H,10-11H2,(H2,19,21)(H,20,22). The fourth-order valence-corrected chi connectivity index (χ4v) is 2.05. The predicted molar refractivity (Wildman–Crippen MR) is 88.8 cm³/mol. The Balaban J connectivity index is 2.09. The van der Waals surface area contributed by atoms with E-state index in [9.17, 15) is 19.2 Å². The topological polar surface area (TPSA) is 116 Å². The number of ketones is 1. The first-order valence-electron chi connectivity index (χ1n) is 7.40. The zero-order valence-electron chi connectivity index (χ0n) is 13.2. The van der Waals surface area contributed by atoms with Crippen LogP contribution in [0.1, 0.15) is 26.3 Å². The van der Waals surface area contributed by atoms with Crippen LogP contribution in [0.25, 0.3) is 0 Å². The van der Waals surface area contributed by atoms with Crippen molar-refractivity contribution >= 4 is 23.6 Å². The van der Waals surface area contributed by atoms with Gasteiger partial charge in [0.15, 0.2) is 12.4 Å². The highest BCUT2D eigenvalue weighted by Crippen LogP contribution is 2.15. The van der Waals surface area contributed by atoms with Crippen LogP contribution in [-0.4, -0.2) is 36.7 Å². The molecule has 3 N–H and O–H groups in total. The van der Waals surface area contributed by atoms with Gasteiger partial charge in [0.2, 0.25) is 5.91 Å². The maximum absolute atomic E-state index is 12.5. The van der Waals surface area contributed by atoms with Crippen LogP contribution in [0.4, 0.5) is 0 Å². The van der Waals surface area contributed by atoms with Crippen molar-refractivity contribution in [2.24, 2.45) is 5.73 Å². The van der Waals surface area contributed by atoms with Crippen molar-refractivity contribution in [3.05, 3.63) is 71.3 Å². The van der Waals surface area contributed by atoms with Crippen LogP contribution >= 0.6 is 0 Å². The van der Waals surface area contributed by atoms with E-state index in [-0.39, 0.29) is 23.5 Å². The second-order valence-electron chi connectivity index (χ2n) is 5.06. The molecule has 2 aromatic carbocycles. The molecule has 2 amide bonds. The average Bonchev–Trinajstić information content (AvgIpc) is 2.64. The van der Waals surface area contributed by atoms with Crippen molar-refractivity contribution < 1.29 is 23.9 Å². The monoisotopic (exact) mass is 340 g/mol. The highest BCUT2D eigenvalue weighted by atomic mass is 16.5. The molecule has 2 aromatic rings. The molecule has 0 atom stereocenters. The molecule has 0 bridgehead atoms. The largest absolute Gasteiger partial charge is 0.452 e. The number of benzene rings is 2. The van der Waals surface area contributed by atoms with Gasteiger partial charge in [-0.15, -0.1) is 0 Å². The molecule has 0 aliphatic carbocycles. The Morgan fingerprint density at radius 3 is 2.12 bits per heavy atom. The lowest BCUT2D eigenvalue weighted by Gasteiger charge is -2.09. The molecule has 2 rings (SSSR count). The first-order valence-corrected chi connectivity index (χ1v) is 7.40. The summed E-state index contributed by atoms with van der Waals surface area (Å²) in [4.78, 5) is 46.8. The van der Waals surface area contributed by atoms with Crippen molar-refractivity contribution in [3.8, 4) is 0 Å². The second kappa shape index (κ2) is 8.39. The Morgan fingerprint density at radius 2 is 1.48 bits per heavy atom. The van der Waals surface area contributed by atoms with Gasteiger partial charge in [0.25, 0.3) is 5.91 Å². The lowest BCUT2D eigenvalue weighted by molar-refractivity contribution is -0.127. The number of esters is 1. The summed E-state index contributed by atoms with van der Waals surface area (Å²) >= 11 is 0. The van der Waals surface area contributed by atoms with Gasteiger partial charge in [-0.25, -0.2) is 4.79 Å². The highest BCUT2D eigenvalue weighted by molar-refractivity contribution is 6.14. The Morgan fingerprint density at radius 1 is 0.880 bits per heavy atom. The number of carbonyl (C=O) groups excluding carboxylic acids is 4. The maximum Gasteiger partial charge on any atom is 0.339 e. The van der Waals surface area contributed by atoms with E-state index >= 15 is 0 Å². The van der Waals surface area contributed by atoms with Crippen LogP contribution in [0, 0.1) is 0 Å². The van der Waals surface area contributed by atoms with E-state index in [1.54, 1.807) is 42.5 Å². The van der Waals surface area contributed by atoms with Crippen LogP contribution in [0.5, 0.6) is 0 Å². The van der Waals surface area contributed by atoms with E-state index in [0.29, 0.717) is 5.56 Å². The molecule has 7 heteroatoms. The SMILES string of the molecule is NC(=O)CNC(=O)COC(=O)c1ccccc1C(=O)c1ccccc1. The average molecular weight is 340 g/mol. The molecule has 0 saturated carbocycles. The third kappa shape index (κ3) is 5.00. The summed E-state index contributed by atoms with van der Waals surface area (Å²) in [5.41, 5.74) is 5.56. The zero-order chi connectivity index (χ0) is 18.2. The highest BCUT2D eigenvalue weighted by Gasteiger charge is 2.19. The molecule has 0 heterocycles. The van der Waals surface area contributed by atoms with Crippen LogP contribution < -0.4 is 11.1 Å². The summed E-state index contributed by atoms with van der Waals surface area (Å²) in [7, 11) is 0. The molecule has 0 saturated heterocycles. The summed E-state index contributed by atoms with van der Waals surface area (Å²) in [6.45, 7) is -0.931. The first kappa shape index (κ1) is 17.9. The lowest BCUT2D eigenvalue weighted by Crippen LogP contribution is -2.36. The van der Waals surface area contributed by atoms with E-state index in [4.69, 9.17) is 10.5 Å². The second-order valence-corrected chi connectivity index (χ2v) is 5.06. The number of nitrogens with two attached hydrogens (primary N) is 1. The number of hydrogen-bond donors (Lipinski definition) is 2. The van der Waals surface area contributed by atoms with Gasteiger partial charge in [0.1, 0.15) is 0 Å². The number of primary amides is 1. The summed E-state index contributed by atoms with van der Waals surface area (Å²) in [5, 5.41) is 2.19. The molecule has 128 valence electrons. The predicted octanol–water partition coefficient (Wildman–Crippen LogP) is 0.676. The smallest absolute Gasteiger partial charge is 0.339 e. The van der Waals surface area contributed by atoms with Gasteiger partial charge >= 0.3 is 5.97 Å². The molecule has 0 aliphatic heterocycles. The molecule has 0 fully saturated rings. The minimum Gasteiger partial charge on any atom is -0.452 e. The van der Waals surface area contributed by atoms with Crippen molar-refractivity contribution in [2.75, 3.05) is 13.2 Å². The molecule has 0 radical (unpaired) electrons. The molecular formula is C18H16N2O5. The molecule has 0 aliphatic rings. The number of ether oxygens (including phenoxy) is 1. The van der Waals surface area contributed by atoms with Gasteiger partial charge in [-0.3, -0.25) is 14.4 Å². The van der Waals surface area contributed by atoms with E-state index in [1.807, 2.05) is 0 Å². The van der Waals surface area contributed by atoms with Gasteiger partial charge in [0, 0.05) is 11.1 Å². The van der Waals surface area contributed by atoms with Gasteiger partial charge in [-0.1, -0.05) is 48.5 Å². The number of hydrogen-bond acceptors (Lipinski definition) is 5. The number of nitrogens with one attached hydrogen (secondary N) is 1. The summed E-state index contributed by atoms with van der Waals surface area (Å²) < 4.78 is 4.89. The Hall–Kier alpha value is -3.48. The van der Waals surface area contributed by atoms with Crippen LogP contribution in [0.3, 0.4) is 0 Å². The van der Waals surface area contributed by atoms with Crippen molar-refractivity contribution in [3.63, 3.8) is 0 Å². The molecule has 0 spiro atoms. The quantitative estimate of drug-likeness (QED) is 0.568. The van der Waals surface area contributed by atoms with Gasteiger partial charge in [-0.2, -0.15) is 0 Å². The molecule has 25 heavy (non-hydrogen) atoms. The molecule has 0 unspecified atom stereocenters. The number of amides is 2. The van der Waals surface area contributed by atoms with E-state index in [2.05, 4.69) is 5.32 Å². The molecular weight excluding hydrogens is 324 g/mol. The lowest BCUT2D eigenvalue weighted by atomic mass is 9.98. The molecule has 7 nitrogen and oxygen atoms in total. The van der Waals surface area contributed by atoms with E-state index in [0.717, 1.165) is 0 Å². The molecule has 0 aromatic heterocycles. The maximum atomic E-state index is 12.5. The summed E-state index contributed by atoms with van der Waals surface area (Å²) in [6.07, 6.45) is 0. The minimum atomic E-state index is -0.811. The fourth-order valence-electron chi connectivity index (χ4n) is 2.05. The Labute approximate surface area is 143 Å². The summed E-state index contributed by atoms with van der Waals surface area (Å²) in [5.74, 6) is -2.52. The van der Waals surface area contributed by atoms with Crippen molar-refractivity contribution in [1.82, 2.24) is 5.32 Å². The number of rotatable bonds is 7. The van der Waals surface area contributed by atoms with Gasteiger partial charge < -0.3 is 15.8 Å². The normalized spacial score (nSPS) is 9.92. The third-order valence-electron chi connectivity index (χ3n) is 3.22. The van der Waals surface area contributed by atoms with Crippen LogP contribution in [0.2, 0.25) is 0 Å². The van der Waals surface area contributed by atoms with E-state index in [1.165, 1.54) is 12.1 Å². The van der Waals surface area contributed by atoms with Crippen molar-refractivity contribution in [2.45, 2.75) is 0 Å². The van der Waals surface area contributed by atoms with Gasteiger partial charge in [-0.05, 0) is 6.07 Å². The third-order valence-corrected chi connectivity index (χ3v) is 3.22.